The number of nitro groups is 1. The number of nitrogens with one attached hydrogen (secondary N) is 1. The van der Waals surface area contributed by atoms with Crippen LogP contribution in [0.5, 0.6) is 0 Å². The van der Waals surface area contributed by atoms with Gasteiger partial charge in [-0.15, -0.1) is 10.2 Å². The van der Waals surface area contributed by atoms with Crippen LogP contribution in [-0.4, -0.2) is 31.3 Å². The van der Waals surface area contributed by atoms with Crippen LogP contribution in [0.4, 0.5) is 11.4 Å². The van der Waals surface area contributed by atoms with Gasteiger partial charge in [-0.2, -0.15) is 0 Å². The normalized spacial score (nSPS) is 10.7. The standard InChI is InChI=1S/C23H18ClN5O3S/c24-18-12-10-17(11-13-18)22-26-27-23(28(22)14-16-6-2-1-3-7-16)33-15-21(30)25-19-8-4-5-9-20(19)29(31)32/h1-13H,14-15H2,(H,25,30). The molecule has 166 valence electrons. The van der Waals surface area contributed by atoms with Crippen LogP contribution in [0.2, 0.25) is 5.02 Å². The molecule has 8 nitrogen and oxygen atoms in total. The van der Waals surface area contributed by atoms with Crippen LogP contribution in [0.1, 0.15) is 5.56 Å². The molecule has 0 aliphatic rings. The highest BCUT2D eigenvalue weighted by Crippen LogP contribution is 2.27. The van der Waals surface area contributed by atoms with E-state index in [4.69, 9.17) is 11.6 Å². The van der Waals surface area contributed by atoms with E-state index < -0.39 is 4.92 Å². The molecule has 0 spiro atoms. The summed E-state index contributed by atoms with van der Waals surface area (Å²) in [4.78, 5) is 23.2. The van der Waals surface area contributed by atoms with Gasteiger partial charge in [0.1, 0.15) is 5.69 Å². The Morgan fingerprint density at radius 2 is 1.70 bits per heavy atom. The molecule has 0 bridgehead atoms. The molecule has 0 saturated heterocycles. The second-order valence-corrected chi connectivity index (χ2v) is 8.37. The number of nitrogens with zero attached hydrogens (tertiary/aromatic N) is 4. The Bertz CT molecular complexity index is 1280. The fourth-order valence-corrected chi connectivity index (χ4v) is 4.04. The monoisotopic (exact) mass is 479 g/mol. The Morgan fingerprint density at radius 1 is 1.00 bits per heavy atom. The largest absolute Gasteiger partial charge is 0.320 e. The minimum atomic E-state index is -0.530. The first kappa shape index (κ1) is 22.5. The number of rotatable bonds is 8. The third kappa shape index (κ3) is 5.57. The summed E-state index contributed by atoms with van der Waals surface area (Å²) in [5.41, 5.74) is 1.89. The second-order valence-electron chi connectivity index (χ2n) is 7.00. The van der Waals surface area contributed by atoms with Crippen LogP contribution in [0.25, 0.3) is 11.4 Å². The van der Waals surface area contributed by atoms with Gasteiger partial charge in [-0.3, -0.25) is 19.5 Å². The highest BCUT2D eigenvalue weighted by Gasteiger charge is 2.18. The Hall–Kier alpha value is -3.69. The lowest BCUT2D eigenvalue weighted by atomic mass is 10.2. The first-order valence-electron chi connectivity index (χ1n) is 9.90. The van der Waals surface area contributed by atoms with Crippen LogP contribution in [0.3, 0.4) is 0 Å². The van der Waals surface area contributed by atoms with Crippen LogP contribution in [0, 0.1) is 10.1 Å². The number of hydrogen-bond acceptors (Lipinski definition) is 6. The number of nitro benzene ring substituents is 1. The van der Waals surface area contributed by atoms with E-state index in [-0.39, 0.29) is 23.0 Å². The van der Waals surface area contributed by atoms with Crippen LogP contribution in [0.15, 0.2) is 84.0 Å². The van der Waals surface area contributed by atoms with Gasteiger partial charge in [0.2, 0.25) is 5.91 Å². The Labute approximate surface area is 198 Å². The zero-order valence-corrected chi connectivity index (χ0v) is 18.8. The Morgan fingerprint density at radius 3 is 2.42 bits per heavy atom. The molecule has 0 aliphatic heterocycles. The molecule has 1 N–H and O–H groups in total. The summed E-state index contributed by atoms with van der Waals surface area (Å²) >= 11 is 7.23. The van der Waals surface area contributed by atoms with E-state index in [0.717, 1.165) is 11.1 Å². The lowest BCUT2D eigenvalue weighted by Crippen LogP contribution is -2.15. The highest BCUT2D eigenvalue weighted by molar-refractivity contribution is 7.99. The molecule has 0 fully saturated rings. The number of thioether (sulfide) groups is 1. The maximum absolute atomic E-state index is 12.5. The van der Waals surface area contributed by atoms with Gasteiger partial charge >= 0.3 is 0 Å². The van der Waals surface area contributed by atoms with Gasteiger partial charge in [-0.25, -0.2) is 0 Å². The molecule has 0 radical (unpaired) electrons. The average molecular weight is 480 g/mol. The Balaban J connectivity index is 1.55. The van der Waals surface area contributed by atoms with E-state index >= 15 is 0 Å². The first-order chi connectivity index (χ1) is 16.0. The van der Waals surface area contributed by atoms with Gasteiger partial charge in [0, 0.05) is 16.7 Å². The number of halogens is 1. The van der Waals surface area contributed by atoms with E-state index in [9.17, 15) is 14.9 Å². The molecule has 33 heavy (non-hydrogen) atoms. The van der Waals surface area contributed by atoms with Crippen molar-refractivity contribution >= 4 is 40.6 Å². The summed E-state index contributed by atoms with van der Waals surface area (Å²) in [5.74, 6) is 0.285. The lowest BCUT2D eigenvalue weighted by molar-refractivity contribution is -0.383. The van der Waals surface area contributed by atoms with Gasteiger partial charge in [-0.05, 0) is 35.9 Å². The van der Waals surface area contributed by atoms with Crippen molar-refractivity contribution in [2.24, 2.45) is 0 Å². The number of amides is 1. The molecule has 4 rings (SSSR count). The number of anilines is 1. The van der Waals surface area contributed by atoms with Crippen LogP contribution < -0.4 is 5.32 Å². The number of aromatic nitrogens is 3. The predicted molar refractivity (Wildman–Crippen MR) is 128 cm³/mol. The van der Waals surface area contributed by atoms with E-state index in [1.807, 2.05) is 47.0 Å². The fourth-order valence-electron chi connectivity index (χ4n) is 3.17. The van der Waals surface area contributed by atoms with E-state index in [1.165, 1.54) is 23.9 Å². The van der Waals surface area contributed by atoms with Crippen LogP contribution in [-0.2, 0) is 11.3 Å². The third-order valence-electron chi connectivity index (χ3n) is 4.71. The molecule has 3 aromatic carbocycles. The predicted octanol–water partition coefficient (Wildman–Crippen LogP) is 5.29. The van der Waals surface area contributed by atoms with Crippen molar-refractivity contribution in [3.05, 3.63) is 99.6 Å². The summed E-state index contributed by atoms with van der Waals surface area (Å²) in [6.07, 6.45) is 0. The maximum atomic E-state index is 12.5. The van der Waals surface area contributed by atoms with Gasteiger partial charge in [0.25, 0.3) is 5.69 Å². The van der Waals surface area contributed by atoms with E-state index in [0.29, 0.717) is 22.5 Å². The highest BCUT2D eigenvalue weighted by atomic mass is 35.5. The molecule has 0 aliphatic carbocycles. The summed E-state index contributed by atoms with van der Waals surface area (Å²) in [6.45, 7) is 0.514. The summed E-state index contributed by atoms with van der Waals surface area (Å²) in [6, 6.07) is 23.2. The van der Waals surface area contributed by atoms with Crippen molar-refractivity contribution in [2.45, 2.75) is 11.7 Å². The molecule has 0 atom stereocenters. The first-order valence-corrected chi connectivity index (χ1v) is 11.3. The molecule has 0 unspecified atom stereocenters. The number of carbonyl (C=O) groups is 1. The van der Waals surface area contributed by atoms with Crippen molar-refractivity contribution in [3.8, 4) is 11.4 Å². The minimum absolute atomic E-state index is 0.0135. The molecular formula is C23H18ClN5O3S. The molecule has 1 heterocycles. The summed E-state index contributed by atoms with van der Waals surface area (Å²) < 4.78 is 1.93. The summed E-state index contributed by atoms with van der Waals surface area (Å²) in [7, 11) is 0. The minimum Gasteiger partial charge on any atom is -0.320 e. The van der Waals surface area contributed by atoms with Crippen molar-refractivity contribution in [1.29, 1.82) is 0 Å². The molecule has 1 aromatic heterocycles. The van der Waals surface area contributed by atoms with Crippen molar-refractivity contribution in [3.63, 3.8) is 0 Å². The van der Waals surface area contributed by atoms with Crippen molar-refractivity contribution < 1.29 is 9.72 Å². The maximum Gasteiger partial charge on any atom is 0.292 e. The molecule has 0 saturated carbocycles. The van der Waals surface area contributed by atoms with E-state index in [1.54, 1.807) is 24.3 Å². The SMILES string of the molecule is O=C(CSc1nnc(-c2ccc(Cl)cc2)n1Cc1ccccc1)Nc1ccccc1[N+](=O)[O-]. The van der Waals surface area contributed by atoms with Gasteiger partial charge in [0.05, 0.1) is 17.2 Å². The molecule has 4 aromatic rings. The number of para-hydroxylation sites is 2. The van der Waals surface area contributed by atoms with Gasteiger partial charge in [-0.1, -0.05) is 65.8 Å². The van der Waals surface area contributed by atoms with Crippen molar-refractivity contribution in [2.75, 3.05) is 11.1 Å². The number of carbonyl (C=O) groups excluding carboxylic acids is 1. The van der Waals surface area contributed by atoms with Crippen LogP contribution >= 0.6 is 23.4 Å². The van der Waals surface area contributed by atoms with Gasteiger partial charge in [0.15, 0.2) is 11.0 Å². The average Bonchev–Trinajstić information content (AvgIpc) is 3.21. The summed E-state index contributed by atoms with van der Waals surface area (Å²) in [5, 5.41) is 23.6. The molecule has 1 amide bonds. The fraction of sp³-hybridized carbons (Fsp3) is 0.0870. The quantitative estimate of drug-likeness (QED) is 0.209. The zero-order chi connectivity index (χ0) is 23.2. The third-order valence-corrected chi connectivity index (χ3v) is 5.93. The Kier molecular flexibility index (Phi) is 7.01. The molecule has 10 heteroatoms. The second kappa shape index (κ2) is 10.3. The topological polar surface area (TPSA) is 103 Å². The zero-order valence-electron chi connectivity index (χ0n) is 17.2. The van der Waals surface area contributed by atoms with E-state index in [2.05, 4.69) is 15.5 Å². The number of hydrogen-bond donors (Lipinski definition) is 1. The van der Waals surface area contributed by atoms with Gasteiger partial charge < -0.3 is 5.32 Å². The van der Waals surface area contributed by atoms with Crippen molar-refractivity contribution in [1.82, 2.24) is 14.8 Å². The molecular weight excluding hydrogens is 462 g/mol. The smallest absolute Gasteiger partial charge is 0.292 e. The lowest BCUT2D eigenvalue weighted by Gasteiger charge is -2.11. The number of benzene rings is 3.